The van der Waals surface area contributed by atoms with E-state index in [0.29, 0.717) is 0 Å². The summed E-state index contributed by atoms with van der Waals surface area (Å²) in [5, 5.41) is 0.149. The summed E-state index contributed by atoms with van der Waals surface area (Å²) < 4.78 is 39.8. The summed E-state index contributed by atoms with van der Waals surface area (Å²) >= 11 is 5.78. The molecule has 2 rings (SSSR count). The van der Waals surface area contributed by atoms with Crippen LogP contribution in [0.15, 0.2) is 18.2 Å². The summed E-state index contributed by atoms with van der Waals surface area (Å²) in [7, 11) is 0. The van der Waals surface area contributed by atoms with Gasteiger partial charge in [0.25, 0.3) is 0 Å². The Labute approximate surface area is 100 Å². The van der Waals surface area contributed by atoms with Crippen LogP contribution in [0.4, 0.5) is 13.2 Å². The van der Waals surface area contributed by atoms with E-state index in [9.17, 15) is 18.0 Å². The number of carbonyl (C=O) groups excluding carboxylic acids is 1. The molecule has 1 aliphatic carbocycles. The molecule has 0 saturated heterocycles. The normalized spacial score (nSPS) is 15.8. The van der Waals surface area contributed by atoms with Gasteiger partial charge in [-0.1, -0.05) is 11.6 Å². The van der Waals surface area contributed by atoms with Crippen LogP contribution in [0.3, 0.4) is 0 Å². The maximum Gasteiger partial charge on any atom is 0.573 e. The molecule has 1 aromatic rings. The maximum absolute atomic E-state index is 12.0. The number of ether oxygens (including phenoxy) is 1. The van der Waals surface area contributed by atoms with Gasteiger partial charge in [0.2, 0.25) is 0 Å². The molecule has 0 bridgehead atoms. The van der Waals surface area contributed by atoms with Gasteiger partial charge in [0.15, 0.2) is 5.78 Å². The van der Waals surface area contributed by atoms with Crippen molar-refractivity contribution in [3.63, 3.8) is 0 Å². The zero-order valence-corrected chi connectivity index (χ0v) is 9.31. The predicted molar refractivity (Wildman–Crippen MR) is 55.2 cm³/mol. The molecule has 0 spiro atoms. The lowest BCUT2D eigenvalue weighted by molar-refractivity contribution is -0.274. The van der Waals surface area contributed by atoms with Crippen LogP contribution in [0, 0.1) is 5.92 Å². The highest BCUT2D eigenvalue weighted by Crippen LogP contribution is 2.36. The summed E-state index contributed by atoms with van der Waals surface area (Å²) in [5.41, 5.74) is 0.0934. The lowest BCUT2D eigenvalue weighted by Gasteiger charge is -2.10. The number of hydrogen-bond donors (Lipinski definition) is 0. The zero-order chi connectivity index (χ0) is 12.6. The van der Waals surface area contributed by atoms with Crippen LogP contribution in [0.5, 0.6) is 5.75 Å². The average molecular weight is 265 g/mol. The summed E-state index contributed by atoms with van der Waals surface area (Å²) in [6.45, 7) is 0. The Hall–Kier alpha value is -1.23. The second kappa shape index (κ2) is 4.22. The number of carbonyl (C=O) groups is 1. The van der Waals surface area contributed by atoms with Crippen molar-refractivity contribution in [2.45, 2.75) is 19.2 Å². The van der Waals surface area contributed by atoms with E-state index in [0.717, 1.165) is 25.0 Å². The zero-order valence-electron chi connectivity index (χ0n) is 8.55. The Morgan fingerprint density at radius 2 is 2.00 bits per heavy atom. The first-order valence-corrected chi connectivity index (χ1v) is 5.34. The van der Waals surface area contributed by atoms with Crippen LogP contribution in [0.2, 0.25) is 5.02 Å². The number of alkyl halides is 3. The maximum atomic E-state index is 12.0. The average Bonchev–Trinajstić information content (AvgIpc) is 3.01. The topological polar surface area (TPSA) is 26.3 Å². The van der Waals surface area contributed by atoms with E-state index in [1.807, 2.05) is 0 Å². The third kappa shape index (κ3) is 3.12. The SMILES string of the molecule is O=C(c1cc(OC(F)(F)F)ccc1Cl)C1CC1. The number of Topliss-reactive ketones (excluding diaryl/α,β-unsaturated/α-hetero) is 1. The van der Waals surface area contributed by atoms with E-state index in [1.54, 1.807) is 0 Å². The fraction of sp³-hybridized carbons (Fsp3) is 0.364. The van der Waals surface area contributed by atoms with Crippen molar-refractivity contribution in [2.24, 2.45) is 5.92 Å². The van der Waals surface area contributed by atoms with Crippen LogP contribution < -0.4 is 4.74 Å². The minimum absolute atomic E-state index is 0.0934. The van der Waals surface area contributed by atoms with E-state index < -0.39 is 12.1 Å². The highest BCUT2D eigenvalue weighted by Gasteiger charge is 2.34. The Kier molecular flexibility index (Phi) is 3.03. The van der Waals surface area contributed by atoms with Gasteiger partial charge in [0, 0.05) is 11.5 Å². The lowest BCUT2D eigenvalue weighted by Crippen LogP contribution is -2.17. The van der Waals surface area contributed by atoms with Gasteiger partial charge in [-0.3, -0.25) is 4.79 Å². The summed E-state index contributed by atoms with van der Waals surface area (Å²) in [6.07, 6.45) is -3.24. The molecule has 1 fully saturated rings. The molecular weight excluding hydrogens is 257 g/mol. The van der Waals surface area contributed by atoms with Crippen LogP contribution >= 0.6 is 11.6 Å². The molecule has 2 nitrogen and oxygen atoms in total. The highest BCUT2D eigenvalue weighted by atomic mass is 35.5. The van der Waals surface area contributed by atoms with Crippen molar-refractivity contribution in [3.05, 3.63) is 28.8 Å². The first-order chi connectivity index (χ1) is 7.87. The lowest BCUT2D eigenvalue weighted by atomic mass is 10.1. The Morgan fingerprint density at radius 3 is 2.53 bits per heavy atom. The summed E-state index contributed by atoms with van der Waals surface area (Å²) in [4.78, 5) is 11.7. The highest BCUT2D eigenvalue weighted by molar-refractivity contribution is 6.34. The largest absolute Gasteiger partial charge is 0.573 e. The smallest absolute Gasteiger partial charge is 0.406 e. The van der Waals surface area contributed by atoms with Crippen molar-refractivity contribution in [1.82, 2.24) is 0 Å². The third-order valence-corrected chi connectivity index (χ3v) is 2.71. The van der Waals surface area contributed by atoms with Crippen molar-refractivity contribution >= 4 is 17.4 Å². The first-order valence-electron chi connectivity index (χ1n) is 4.96. The fourth-order valence-corrected chi connectivity index (χ4v) is 1.67. The van der Waals surface area contributed by atoms with Crippen molar-refractivity contribution < 1.29 is 22.7 Å². The van der Waals surface area contributed by atoms with E-state index in [2.05, 4.69) is 4.74 Å². The molecule has 0 amide bonds. The van der Waals surface area contributed by atoms with Gasteiger partial charge in [-0.2, -0.15) is 0 Å². The van der Waals surface area contributed by atoms with E-state index in [-0.39, 0.29) is 22.3 Å². The van der Waals surface area contributed by atoms with Crippen molar-refractivity contribution in [2.75, 3.05) is 0 Å². The molecule has 1 aromatic carbocycles. The number of halogens is 4. The van der Waals surface area contributed by atoms with Crippen LogP contribution in [0.25, 0.3) is 0 Å². The molecule has 1 aliphatic rings. The van der Waals surface area contributed by atoms with Gasteiger partial charge in [0.1, 0.15) is 5.75 Å². The second-order valence-electron chi connectivity index (χ2n) is 3.83. The van der Waals surface area contributed by atoms with Crippen molar-refractivity contribution in [3.8, 4) is 5.75 Å². The number of rotatable bonds is 3. The van der Waals surface area contributed by atoms with Gasteiger partial charge >= 0.3 is 6.36 Å². The molecule has 0 radical (unpaired) electrons. The Morgan fingerprint density at radius 1 is 1.35 bits per heavy atom. The summed E-state index contributed by atoms with van der Waals surface area (Å²) in [6, 6.07) is 3.36. The van der Waals surface area contributed by atoms with Crippen LogP contribution in [-0.2, 0) is 0 Å². The molecule has 0 aliphatic heterocycles. The molecule has 17 heavy (non-hydrogen) atoms. The van der Waals surface area contributed by atoms with Crippen LogP contribution in [-0.4, -0.2) is 12.1 Å². The molecule has 0 atom stereocenters. The van der Waals surface area contributed by atoms with Gasteiger partial charge < -0.3 is 4.74 Å². The molecule has 6 heteroatoms. The van der Waals surface area contributed by atoms with Gasteiger partial charge in [-0.25, -0.2) is 0 Å². The molecule has 0 unspecified atom stereocenters. The molecule has 92 valence electrons. The minimum atomic E-state index is -4.77. The predicted octanol–water partition coefficient (Wildman–Crippen LogP) is 3.83. The Bertz CT molecular complexity index is 453. The standard InChI is InChI=1S/C11H8ClF3O2/c12-9-4-3-7(17-11(13,14)15)5-8(9)10(16)6-1-2-6/h3-6H,1-2H2. The molecule has 0 N–H and O–H groups in total. The number of benzene rings is 1. The van der Waals surface area contributed by atoms with E-state index >= 15 is 0 Å². The number of hydrogen-bond acceptors (Lipinski definition) is 2. The van der Waals surface area contributed by atoms with Crippen LogP contribution in [0.1, 0.15) is 23.2 Å². The van der Waals surface area contributed by atoms with Crippen molar-refractivity contribution in [1.29, 1.82) is 0 Å². The summed E-state index contributed by atoms with van der Waals surface area (Å²) in [5.74, 6) is -0.748. The van der Waals surface area contributed by atoms with E-state index in [4.69, 9.17) is 11.6 Å². The molecule has 0 heterocycles. The first kappa shape index (κ1) is 12.2. The van der Waals surface area contributed by atoms with Gasteiger partial charge in [-0.15, -0.1) is 13.2 Å². The van der Waals surface area contributed by atoms with E-state index in [1.165, 1.54) is 6.07 Å². The minimum Gasteiger partial charge on any atom is -0.406 e. The van der Waals surface area contributed by atoms with Gasteiger partial charge in [-0.05, 0) is 31.0 Å². The van der Waals surface area contributed by atoms with Gasteiger partial charge in [0.05, 0.1) is 5.02 Å². The molecule has 1 saturated carbocycles. The molecule has 0 aromatic heterocycles. The Balaban J connectivity index is 2.25. The third-order valence-electron chi connectivity index (χ3n) is 2.39. The quantitative estimate of drug-likeness (QED) is 0.776. The molecular formula is C11H8ClF3O2. The second-order valence-corrected chi connectivity index (χ2v) is 4.24. The monoisotopic (exact) mass is 264 g/mol. The number of ketones is 1. The fourth-order valence-electron chi connectivity index (χ4n) is 1.46.